The minimum absolute atomic E-state index is 1.31. The molecule has 2 heteroatoms. The Morgan fingerprint density at radius 2 is 1.25 bits per heavy atom. The van der Waals surface area contributed by atoms with Crippen molar-refractivity contribution in [2.75, 3.05) is 14.1 Å². The second-order valence-corrected chi connectivity index (χ2v) is 3.61. The molecule has 1 heterocycles. The van der Waals surface area contributed by atoms with Crippen LogP contribution in [0.1, 0.15) is 27.7 Å². The fourth-order valence-corrected chi connectivity index (χ4v) is 1.70. The lowest BCUT2D eigenvalue weighted by Gasteiger charge is -2.22. The Labute approximate surface area is 75.2 Å². The number of allylic oxidation sites excluding steroid dienone is 3. The van der Waals surface area contributed by atoms with Crippen molar-refractivity contribution in [1.29, 1.82) is 0 Å². The van der Waals surface area contributed by atoms with Crippen LogP contribution < -0.4 is 0 Å². The SMILES string of the molecule is CC(C)=C1N(C)C(C)=C(C)N1C. The summed E-state index contributed by atoms with van der Waals surface area (Å²) >= 11 is 0. The van der Waals surface area contributed by atoms with Gasteiger partial charge in [-0.1, -0.05) is 0 Å². The molecule has 0 saturated carbocycles. The maximum absolute atomic E-state index is 2.24. The second-order valence-electron chi connectivity index (χ2n) is 3.61. The van der Waals surface area contributed by atoms with Crippen LogP contribution in [-0.4, -0.2) is 23.9 Å². The summed E-state index contributed by atoms with van der Waals surface area (Å²) in [4.78, 5) is 4.48. The summed E-state index contributed by atoms with van der Waals surface area (Å²) in [6.07, 6.45) is 0. The van der Waals surface area contributed by atoms with Crippen molar-refractivity contribution in [2.45, 2.75) is 27.7 Å². The van der Waals surface area contributed by atoms with Crippen LogP contribution in [0.2, 0.25) is 0 Å². The standard InChI is InChI=1S/C10H18N2/c1-7(2)10-11(5)8(3)9(4)12(10)6/h1-6H3. The molecule has 2 nitrogen and oxygen atoms in total. The summed E-state index contributed by atoms with van der Waals surface area (Å²) in [7, 11) is 4.23. The first kappa shape index (κ1) is 9.17. The largest absolute Gasteiger partial charge is 0.333 e. The van der Waals surface area contributed by atoms with Gasteiger partial charge in [-0.05, 0) is 33.3 Å². The van der Waals surface area contributed by atoms with E-state index in [-0.39, 0.29) is 0 Å². The fourth-order valence-electron chi connectivity index (χ4n) is 1.70. The minimum Gasteiger partial charge on any atom is -0.333 e. The van der Waals surface area contributed by atoms with Gasteiger partial charge in [0.2, 0.25) is 0 Å². The van der Waals surface area contributed by atoms with Gasteiger partial charge in [0.05, 0.1) is 0 Å². The average Bonchev–Trinajstić information content (AvgIpc) is 2.16. The van der Waals surface area contributed by atoms with E-state index in [9.17, 15) is 0 Å². The third-order valence-corrected chi connectivity index (χ3v) is 2.61. The first-order valence-corrected chi connectivity index (χ1v) is 4.29. The zero-order valence-corrected chi connectivity index (χ0v) is 8.89. The van der Waals surface area contributed by atoms with Crippen molar-refractivity contribution in [3.05, 3.63) is 22.8 Å². The summed E-state index contributed by atoms with van der Waals surface area (Å²) in [5.41, 5.74) is 4.04. The van der Waals surface area contributed by atoms with Gasteiger partial charge in [0.1, 0.15) is 5.82 Å². The molecule has 1 rings (SSSR count). The smallest absolute Gasteiger partial charge is 0.111 e. The lowest BCUT2D eigenvalue weighted by Crippen LogP contribution is -2.19. The van der Waals surface area contributed by atoms with Crippen LogP contribution in [-0.2, 0) is 0 Å². The highest BCUT2D eigenvalue weighted by atomic mass is 15.4. The van der Waals surface area contributed by atoms with Crippen LogP contribution in [0.25, 0.3) is 0 Å². The predicted octanol–water partition coefficient (Wildman–Crippen LogP) is 2.37. The molecule has 0 N–H and O–H groups in total. The average molecular weight is 166 g/mol. The van der Waals surface area contributed by atoms with Crippen LogP contribution in [0.5, 0.6) is 0 Å². The molecule has 0 saturated heterocycles. The fraction of sp³-hybridized carbons (Fsp3) is 0.600. The molecule has 0 aromatic carbocycles. The van der Waals surface area contributed by atoms with Crippen LogP contribution in [0.4, 0.5) is 0 Å². The Hall–Kier alpha value is -0.920. The summed E-state index contributed by atoms with van der Waals surface area (Å²) in [6, 6.07) is 0. The Kier molecular flexibility index (Phi) is 2.18. The monoisotopic (exact) mass is 166 g/mol. The molecule has 0 radical (unpaired) electrons. The molecule has 0 unspecified atom stereocenters. The number of hydrogen-bond donors (Lipinski definition) is 0. The Bertz CT molecular complexity index is 237. The topological polar surface area (TPSA) is 6.48 Å². The van der Waals surface area contributed by atoms with Crippen molar-refractivity contribution < 1.29 is 0 Å². The first-order chi connectivity index (χ1) is 5.46. The van der Waals surface area contributed by atoms with Crippen LogP contribution >= 0.6 is 0 Å². The third-order valence-electron chi connectivity index (χ3n) is 2.61. The summed E-state index contributed by atoms with van der Waals surface area (Å²) in [6.45, 7) is 8.60. The van der Waals surface area contributed by atoms with E-state index < -0.39 is 0 Å². The number of rotatable bonds is 0. The van der Waals surface area contributed by atoms with E-state index >= 15 is 0 Å². The van der Waals surface area contributed by atoms with Gasteiger partial charge in [-0.25, -0.2) is 0 Å². The van der Waals surface area contributed by atoms with E-state index in [2.05, 4.69) is 51.6 Å². The van der Waals surface area contributed by atoms with E-state index in [1.54, 1.807) is 0 Å². The Balaban J connectivity index is 3.12. The van der Waals surface area contributed by atoms with Gasteiger partial charge in [-0.2, -0.15) is 0 Å². The molecular formula is C10H18N2. The van der Waals surface area contributed by atoms with Crippen LogP contribution in [0.15, 0.2) is 22.8 Å². The van der Waals surface area contributed by atoms with E-state index in [1.165, 1.54) is 22.8 Å². The molecule has 0 aromatic rings. The van der Waals surface area contributed by atoms with Gasteiger partial charge in [-0.15, -0.1) is 0 Å². The maximum atomic E-state index is 2.24. The zero-order chi connectivity index (χ0) is 9.46. The molecule has 0 aliphatic carbocycles. The van der Waals surface area contributed by atoms with Crippen LogP contribution in [0.3, 0.4) is 0 Å². The maximum Gasteiger partial charge on any atom is 0.111 e. The normalized spacial score (nSPS) is 18.0. The second kappa shape index (κ2) is 2.85. The van der Waals surface area contributed by atoms with E-state index in [0.717, 1.165) is 0 Å². The molecule has 0 spiro atoms. The quantitative estimate of drug-likeness (QED) is 0.545. The van der Waals surface area contributed by atoms with Crippen molar-refractivity contribution >= 4 is 0 Å². The molecule has 0 atom stereocenters. The molecule has 0 bridgehead atoms. The number of hydrogen-bond acceptors (Lipinski definition) is 2. The van der Waals surface area contributed by atoms with E-state index in [4.69, 9.17) is 0 Å². The summed E-state index contributed by atoms with van der Waals surface area (Å²) < 4.78 is 0. The van der Waals surface area contributed by atoms with Gasteiger partial charge >= 0.3 is 0 Å². The molecule has 0 aromatic heterocycles. The molecular weight excluding hydrogens is 148 g/mol. The van der Waals surface area contributed by atoms with Crippen molar-refractivity contribution in [3.63, 3.8) is 0 Å². The van der Waals surface area contributed by atoms with E-state index in [0.29, 0.717) is 0 Å². The minimum atomic E-state index is 1.31. The lowest BCUT2D eigenvalue weighted by atomic mass is 10.3. The molecule has 0 amide bonds. The molecule has 12 heavy (non-hydrogen) atoms. The van der Waals surface area contributed by atoms with Gasteiger partial charge < -0.3 is 9.80 Å². The number of nitrogens with zero attached hydrogens (tertiary/aromatic N) is 2. The molecule has 1 aliphatic rings. The van der Waals surface area contributed by atoms with Crippen molar-refractivity contribution in [3.8, 4) is 0 Å². The first-order valence-electron chi connectivity index (χ1n) is 4.29. The van der Waals surface area contributed by atoms with E-state index in [1.807, 2.05) is 0 Å². The van der Waals surface area contributed by atoms with Crippen molar-refractivity contribution in [1.82, 2.24) is 9.80 Å². The Morgan fingerprint density at radius 1 is 0.917 bits per heavy atom. The van der Waals surface area contributed by atoms with Gasteiger partial charge in [-0.3, -0.25) is 0 Å². The highest BCUT2D eigenvalue weighted by Gasteiger charge is 2.23. The highest BCUT2D eigenvalue weighted by Crippen LogP contribution is 2.30. The summed E-state index contributed by atoms with van der Waals surface area (Å²) in [5.74, 6) is 1.31. The van der Waals surface area contributed by atoms with Gasteiger partial charge in [0.25, 0.3) is 0 Å². The predicted molar refractivity (Wildman–Crippen MR) is 52.3 cm³/mol. The molecule has 0 fully saturated rings. The third kappa shape index (κ3) is 1.11. The van der Waals surface area contributed by atoms with Gasteiger partial charge in [0.15, 0.2) is 0 Å². The highest BCUT2D eigenvalue weighted by molar-refractivity contribution is 5.27. The van der Waals surface area contributed by atoms with Crippen LogP contribution in [0, 0.1) is 0 Å². The van der Waals surface area contributed by atoms with Crippen molar-refractivity contribution in [2.24, 2.45) is 0 Å². The van der Waals surface area contributed by atoms with Gasteiger partial charge in [0, 0.05) is 25.5 Å². The zero-order valence-electron chi connectivity index (χ0n) is 8.89. The molecule has 1 aliphatic heterocycles. The molecule has 68 valence electrons. The summed E-state index contributed by atoms with van der Waals surface area (Å²) in [5, 5.41) is 0. The lowest BCUT2D eigenvalue weighted by molar-refractivity contribution is 0.414. The Morgan fingerprint density at radius 3 is 1.42 bits per heavy atom.